The Labute approximate surface area is 141 Å². The Morgan fingerprint density at radius 3 is 2.75 bits per heavy atom. The third-order valence-corrected chi connectivity index (χ3v) is 4.51. The summed E-state index contributed by atoms with van der Waals surface area (Å²) in [6.07, 6.45) is 1.19. The van der Waals surface area contributed by atoms with E-state index < -0.39 is 23.3 Å². The Morgan fingerprint density at radius 1 is 1.21 bits per heavy atom. The van der Waals surface area contributed by atoms with Crippen LogP contribution < -0.4 is 0 Å². The second-order valence-corrected chi connectivity index (χ2v) is 6.05. The summed E-state index contributed by atoms with van der Waals surface area (Å²) in [5, 5.41) is 7.09. The molecular weight excluding hydrogens is 336 g/mol. The van der Waals surface area contributed by atoms with Crippen LogP contribution in [0.1, 0.15) is 23.1 Å². The highest BCUT2D eigenvalue weighted by molar-refractivity contribution is 6.31. The van der Waals surface area contributed by atoms with Crippen molar-refractivity contribution in [2.45, 2.75) is 18.1 Å². The first-order valence-electron chi connectivity index (χ1n) is 7.32. The molecule has 1 aromatic heterocycles. The number of benzene rings is 2. The van der Waals surface area contributed by atoms with Gasteiger partial charge in [0, 0.05) is 28.6 Å². The first kappa shape index (κ1) is 15.2. The second kappa shape index (κ2) is 5.65. The highest BCUT2D eigenvalue weighted by Crippen LogP contribution is 2.60. The zero-order valence-corrected chi connectivity index (χ0v) is 13.1. The van der Waals surface area contributed by atoms with Crippen molar-refractivity contribution in [2.75, 3.05) is 0 Å². The van der Waals surface area contributed by atoms with E-state index in [0.29, 0.717) is 10.8 Å². The molecule has 1 aliphatic heterocycles. The zero-order chi connectivity index (χ0) is 16.7. The van der Waals surface area contributed by atoms with Gasteiger partial charge in [0.1, 0.15) is 35.5 Å². The van der Waals surface area contributed by atoms with E-state index >= 15 is 0 Å². The highest BCUT2D eigenvalue weighted by Gasteiger charge is 2.60. The lowest BCUT2D eigenvalue weighted by molar-refractivity contribution is 0.285. The molecule has 7 heteroatoms. The van der Waals surface area contributed by atoms with Crippen molar-refractivity contribution in [1.82, 2.24) is 15.2 Å². The number of nitrogens with zero attached hydrogens (tertiary/aromatic N) is 2. The van der Waals surface area contributed by atoms with Crippen LogP contribution in [0.5, 0.6) is 0 Å². The molecule has 0 unspecified atom stereocenters. The highest BCUT2D eigenvalue weighted by atomic mass is 35.5. The molecule has 0 spiro atoms. The van der Waals surface area contributed by atoms with Crippen LogP contribution in [0.4, 0.5) is 8.78 Å². The minimum absolute atomic E-state index is 0.269. The number of ether oxygens (including phenoxy) is 1. The van der Waals surface area contributed by atoms with Crippen molar-refractivity contribution < 1.29 is 13.5 Å². The van der Waals surface area contributed by atoms with Gasteiger partial charge in [-0.05, 0) is 12.1 Å². The first-order valence-corrected chi connectivity index (χ1v) is 7.70. The van der Waals surface area contributed by atoms with Crippen molar-refractivity contribution in [3.8, 4) is 0 Å². The lowest BCUT2D eigenvalue weighted by atomic mass is 9.88. The minimum Gasteiger partial charge on any atom is -0.355 e. The SMILES string of the molecule is Fc1ccc([C@@]2(Cc3ncn[nH]3)O[C@@H]2c2ccccc2Cl)c(F)c1. The van der Waals surface area contributed by atoms with Crippen LogP contribution >= 0.6 is 11.6 Å². The molecule has 0 bridgehead atoms. The van der Waals surface area contributed by atoms with Gasteiger partial charge in [0.05, 0.1) is 0 Å². The molecule has 24 heavy (non-hydrogen) atoms. The van der Waals surface area contributed by atoms with Gasteiger partial charge in [0.15, 0.2) is 0 Å². The molecule has 1 fully saturated rings. The van der Waals surface area contributed by atoms with Crippen LogP contribution in [0, 0.1) is 11.6 Å². The van der Waals surface area contributed by atoms with E-state index in [4.69, 9.17) is 16.3 Å². The van der Waals surface area contributed by atoms with Crippen molar-refractivity contribution in [3.63, 3.8) is 0 Å². The van der Waals surface area contributed by atoms with Gasteiger partial charge in [-0.2, -0.15) is 5.10 Å². The predicted molar refractivity (Wildman–Crippen MR) is 83.4 cm³/mol. The molecular formula is C17H12ClF2N3O. The Bertz CT molecular complexity index is 887. The minimum atomic E-state index is -0.998. The molecule has 1 aliphatic rings. The lowest BCUT2D eigenvalue weighted by Crippen LogP contribution is -2.17. The summed E-state index contributed by atoms with van der Waals surface area (Å²) < 4.78 is 33.6. The van der Waals surface area contributed by atoms with E-state index in [-0.39, 0.29) is 12.0 Å². The number of epoxide rings is 1. The molecule has 2 heterocycles. The van der Waals surface area contributed by atoms with Gasteiger partial charge in [-0.1, -0.05) is 35.9 Å². The maximum absolute atomic E-state index is 14.4. The maximum atomic E-state index is 14.4. The lowest BCUT2D eigenvalue weighted by Gasteiger charge is -2.14. The summed E-state index contributed by atoms with van der Waals surface area (Å²) in [5.41, 5.74) is 0.0232. The summed E-state index contributed by atoms with van der Waals surface area (Å²) in [4.78, 5) is 4.09. The van der Waals surface area contributed by atoms with Gasteiger partial charge < -0.3 is 4.74 Å². The van der Waals surface area contributed by atoms with Crippen molar-refractivity contribution in [1.29, 1.82) is 0 Å². The fourth-order valence-electron chi connectivity index (χ4n) is 3.01. The average Bonchev–Trinajstić information content (AvgIpc) is 3.01. The number of nitrogens with one attached hydrogen (secondary N) is 1. The molecule has 4 rings (SSSR count). The Kier molecular flexibility index (Phi) is 3.58. The zero-order valence-electron chi connectivity index (χ0n) is 12.3. The molecule has 0 saturated carbocycles. The van der Waals surface area contributed by atoms with Gasteiger partial charge in [-0.25, -0.2) is 13.8 Å². The number of H-pyrrole nitrogens is 1. The number of aromatic amines is 1. The van der Waals surface area contributed by atoms with Gasteiger partial charge in [0.2, 0.25) is 0 Å². The van der Waals surface area contributed by atoms with Crippen LogP contribution in [-0.2, 0) is 16.8 Å². The van der Waals surface area contributed by atoms with Crippen molar-refractivity contribution >= 4 is 11.6 Å². The Hall–Kier alpha value is -2.31. The topological polar surface area (TPSA) is 54.1 Å². The first-order chi connectivity index (χ1) is 11.6. The fraction of sp³-hybridized carbons (Fsp3) is 0.176. The number of hydrogen-bond donors (Lipinski definition) is 1. The summed E-state index contributed by atoms with van der Waals surface area (Å²) in [6, 6.07) is 10.7. The smallest absolute Gasteiger partial charge is 0.137 e. The van der Waals surface area contributed by atoms with E-state index in [9.17, 15) is 8.78 Å². The molecule has 3 aromatic rings. The van der Waals surface area contributed by atoms with E-state index in [2.05, 4.69) is 15.2 Å². The predicted octanol–water partition coefficient (Wildman–Crippen LogP) is 3.95. The average molecular weight is 348 g/mol. The molecule has 2 atom stereocenters. The number of rotatable bonds is 4. The quantitative estimate of drug-likeness (QED) is 0.727. The van der Waals surface area contributed by atoms with Gasteiger partial charge in [-0.15, -0.1) is 0 Å². The molecule has 1 saturated heterocycles. The number of halogens is 3. The van der Waals surface area contributed by atoms with E-state index in [1.54, 1.807) is 6.07 Å². The van der Waals surface area contributed by atoms with E-state index in [1.165, 1.54) is 18.5 Å². The maximum Gasteiger partial charge on any atom is 0.137 e. The van der Waals surface area contributed by atoms with Crippen LogP contribution in [-0.4, -0.2) is 15.2 Å². The largest absolute Gasteiger partial charge is 0.355 e. The van der Waals surface area contributed by atoms with Gasteiger partial charge in [0.25, 0.3) is 0 Å². The molecule has 122 valence electrons. The molecule has 1 N–H and O–H groups in total. The molecule has 0 aliphatic carbocycles. The van der Waals surface area contributed by atoms with Gasteiger partial charge in [-0.3, -0.25) is 5.10 Å². The van der Waals surface area contributed by atoms with Crippen LogP contribution in [0.15, 0.2) is 48.8 Å². The van der Waals surface area contributed by atoms with Crippen LogP contribution in [0.25, 0.3) is 0 Å². The molecule has 0 radical (unpaired) electrons. The number of aromatic nitrogens is 3. The molecule has 2 aromatic carbocycles. The van der Waals surface area contributed by atoms with Crippen LogP contribution in [0.2, 0.25) is 5.02 Å². The summed E-state index contributed by atoms with van der Waals surface area (Å²) >= 11 is 6.25. The fourth-order valence-corrected chi connectivity index (χ4v) is 3.25. The summed E-state index contributed by atoms with van der Waals surface area (Å²) in [5.74, 6) is -0.752. The number of hydrogen-bond acceptors (Lipinski definition) is 3. The normalized spacial score (nSPS) is 22.5. The third kappa shape index (κ3) is 2.48. The monoisotopic (exact) mass is 347 g/mol. The second-order valence-electron chi connectivity index (χ2n) is 5.64. The van der Waals surface area contributed by atoms with Gasteiger partial charge >= 0.3 is 0 Å². The third-order valence-electron chi connectivity index (χ3n) is 4.16. The van der Waals surface area contributed by atoms with E-state index in [1.807, 2.05) is 18.2 Å². The Balaban J connectivity index is 1.79. The summed E-state index contributed by atoms with van der Waals surface area (Å²) in [6.45, 7) is 0. The standard InChI is InChI=1S/C17H12ClF2N3O/c18-13-4-2-1-3-11(13)16-17(24-16,8-15-21-9-22-23-15)12-6-5-10(19)7-14(12)20/h1-7,9,16H,8H2,(H,21,22,23)/t16-,17-/m1/s1. The van der Waals surface area contributed by atoms with E-state index in [0.717, 1.165) is 11.6 Å². The Morgan fingerprint density at radius 2 is 2.04 bits per heavy atom. The molecule has 0 amide bonds. The van der Waals surface area contributed by atoms with Crippen molar-refractivity contribution in [2.24, 2.45) is 0 Å². The van der Waals surface area contributed by atoms with Crippen LogP contribution in [0.3, 0.4) is 0 Å². The van der Waals surface area contributed by atoms with Crippen molar-refractivity contribution in [3.05, 3.63) is 82.4 Å². The molecule has 4 nitrogen and oxygen atoms in total. The summed E-state index contributed by atoms with van der Waals surface area (Å²) in [7, 11) is 0.